The molecular weight excluding hydrogens is 191 g/mol. The van der Waals surface area contributed by atoms with E-state index in [1.807, 2.05) is 24.3 Å². The molecule has 1 unspecified atom stereocenters. The summed E-state index contributed by atoms with van der Waals surface area (Å²) in [6, 6.07) is 7.54. The molecule has 1 aromatic rings. The number of hydrogen-bond acceptors (Lipinski definition) is 2. The van der Waals surface area contributed by atoms with E-state index >= 15 is 0 Å². The average Bonchev–Trinajstić information content (AvgIpc) is 2.80. The van der Waals surface area contributed by atoms with E-state index in [0.29, 0.717) is 0 Å². The molecule has 0 radical (unpaired) electrons. The van der Waals surface area contributed by atoms with Gasteiger partial charge in [0.2, 0.25) is 0 Å². The van der Waals surface area contributed by atoms with Crippen LogP contribution < -0.4 is 10.6 Å². The van der Waals surface area contributed by atoms with E-state index in [4.69, 9.17) is 0 Å². The topological polar surface area (TPSA) is 24.1 Å². The van der Waals surface area contributed by atoms with Gasteiger partial charge in [-0.25, -0.2) is 4.39 Å². The van der Waals surface area contributed by atoms with Crippen molar-refractivity contribution in [3.8, 4) is 0 Å². The van der Waals surface area contributed by atoms with Crippen LogP contribution in [-0.4, -0.2) is 19.6 Å². The number of hydrogen-bond donors (Lipinski definition) is 2. The predicted octanol–water partition coefficient (Wildman–Crippen LogP) is 2.18. The first-order valence-electron chi connectivity index (χ1n) is 5.48. The third-order valence-corrected chi connectivity index (χ3v) is 2.87. The maximum Gasteiger partial charge on any atom is 0.115 e. The lowest BCUT2D eigenvalue weighted by atomic mass is 10.1. The first-order chi connectivity index (χ1) is 7.38. The van der Waals surface area contributed by atoms with Crippen LogP contribution in [0.5, 0.6) is 0 Å². The van der Waals surface area contributed by atoms with E-state index < -0.39 is 0 Å². The lowest BCUT2D eigenvalue weighted by molar-refractivity contribution is 0.485. The highest BCUT2D eigenvalue weighted by Gasteiger charge is 2.13. The fourth-order valence-electron chi connectivity index (χ4n) is 1.86. The van der Waals surface area contributed by atoms with Gasteiger partial charge in [-0.1, -0.05) is 12.1 Å². The van der Waals surface area contributed by atoms with E-state index in [2.05, 4.69) is 10.6 Å². The molecular formula is C12H17FN2. The van der Waals surface area contributed by atoms with Gasteiger partial charge in [-0.3, -0.25) is 0 Å². The monoisotopic (exact) mass is 208 g/mol. The number of anilines is 1. The van der Waals surface area contributed by atoms with Crippen LogP contribution in [0.1, 0.15) is 12.0 Å². The Morgan fingerprint density at radius 1 is 1.33 bits per heavy atom. The van der Waals surface area contributed by atoms with Crippen LogP contribution in [0.25, 0.3) is 0 Å². The summed E-state index contributed by atoms with van der Waals surface area (Å²) >= 11 is 0. The summed E-state index contributed by atoms with van der Waals surface area (Å²) in [5.41, 5.74) is 1.82. The van der Waals surface area contributed by atoms with Gasteiger partial charge >= 0.3 is 0 Å². The number of benzene rings is 1. The molecule has 0 amide bonds. The molecule has 2 nitrogen and oxygen atoms in total. The summed E-state index contributed by atoms with van der Waals surface area (Å²) < 4.78 is 12.3. The van der Waals surface area contributed by atoms with Gasteiger partial charge in [0.15, 0.2) is 0 Å². The number of rotatable bonds is 4. The highest BCUT2D eigenvalue weighted by atomic mass is 19.1. The van der Waals surface area contributed by atoms with E-state index in [0.717, 1.165) is 36.8 Å². The molecule has 1 aliphatic rings. The van der Waals surface area contributed by atoms with Crippen LogP contribution in [0.15, 0.2) is 24.3 Å². The number of nitrogens with one attached hydrogen (secondary N) is 2. The second-order valence-corrected chi connectivity index (χ2v) is 4.07. The van der Waals surface area contributed by atoms with Crippen LogP contribution in [0.4, 0.5) is 10.1 Å². The van der Waals surface area contributed by atoms with Crippen LogP contribution in [0, 0.1) is 5.92 Å². The summed E-state index contributed by atoms with van der Waals surface area (Å²) in [6.45, 7) is 2.86. The van der Waals surface area contributed by atoms with Crippen LogP contribution in [-0.2, 0) is 6.67 Å². The zero-order valence-electron chi connectivity index (χ0n) is 8.80. The van der Waals surface area contributed by atoms with Crippen molar-refractivity contribution in [1.29, 1.82) is 0 Å². The molecule has 1 atom stereocenters. The molecule has 1 aromatic carbocycles. The Balaban J connectivity index is 1.82. The predicted molar refractivity (Wildman–Crippen MR) is 60.7 cm³/mol. The van der Waals surface area contributed by atoms with Gasteiger partial charge in [-0.2, -0.15) is 0 Å². The Hall–Kier alpha value is -1.09. The molecule has 0 spiro atoms. The highest BCUT2D eigenvalue weighted by molar-refractivity contribution is 5.44. The fraction of sp³-hybridized carbons (Fsp3) is 0.500. The summed E-state index contributed by atoms with van der Waals surface area (Å²) in [5, 5.41) is 6.71. The first kappa shape index (κ1) is 10.4. The van der Waals surface area contributed by atoms with E-state index in [1.165, 1.54) is 6.42 Å². The van der Waals surface area contributed by atoms with Crippen LogP contribution in [0.3, 0.4) is 0 Å². The summed E-state index contributed by atoms with van der Waals surface area (Å²) in [6.07, 6.45) is 1.25. The smallest absolute Gasteiger partial charge is 0.115 e. The SMILES string of the molecule is FCc1ccc(NCC2CCNC2)cc1. The lowest BCUT2D eigenvalue weighted by Gasteiger charge is -2.11. The van der Waals surface area contributed by atoms with E-state index in [9.17, 15) is 4.39 Å². The van der Waals surface area contributed by atoms with Gasteiger partial charge in [-0.05, 0) is 43.1 Å². The number of alkyl halides is 1. The molecule has 2 N–H and O–H groups in total. The maximum atomic E-state index is 12.3. The second-order valence-electron chi connectivity index (χ2n) is 4.07. The maximum absolute atomic E-state index is 12.3. The minimum atomic E-state index is -0.382. The standard InChI is InChI=1S/C12H17FN2/c13-7-10-1-3-12(4-2-10)15-9-11-5-6-14-8-11/h1-4,11,14-15H,5-9H2. The largest absolute Gasteiger partial charge is 0.385 e. The van der Waals surface area contributed by atoms with Gasteiger partial charge in [-0.15, -0.1) is 0 Å². The number of halogens is 1. The van der Waals surface area contributed by atoms with Gasteiger partial charge in [0, 0.05) is 12.2 Å². The first-order valence-corrected chi connectivity index (χ1v) is 5.48. The molecule has 3 heteroatoms. The minimum absolute atomic E-state index is 0.382. The molecule has 82 valence electrons. The molecule has 0 aliphatic carbocycles. The van der Waals surface area contributed by atoms with Crippen molar-refractivity contribution in [2.45, 2.75) is 13.1 Å². The Kier molecular flexibility index (Phi) is 3.56. The van der Waals surface area contributed by atoms with Crippen LogP contribution >= 0.6 is 0 Å². The third-order valence-electron chi connectivity index (χ3n) is 2.87. The normalized spacial score (nSPS) is 20.5. The average molecular weight is 208 g/mol. The van der Waals surface area contributed by atoms with Crippen molar-refractivity contribution < 1.29 is 4.39 Å². The quantitative estimate of drug-likeness (QED) is 0.792. The molecule has 15 heavy (non-hydrogen) atoms. The molecule has 1 saturated heterocycles. The Morgan fingerprint density at radius 2 is 2.13 bits per heavy atom. The minimum Gasteiger partial charge on any atom is -0.385 e. The fourth-order valence-corrected chi connectivity index (χ4v) is 1.86. The third kappa shape index (κ3) is 2.93. The zero-order chi connectivity index (χ0) is 10.5. The molecule has 1 aliphatic heterocycles. The van der Waals surface area contributed by atoms with E-state index in [1.54, 1.807) is 0 Å². The van der Waals surface area contributed by atoms with Gasteiger partial charge in [0.05, 0.1) is 0 Å². The van der Waals surface area contributed by atoms with Crippen molar-refractivity contribution in [1.82, 2.24) is 5.32 Å². The summed E-state index contributed by atoms with van der Waals surface area (Å²) in [7, 11) is 0. The Labute approximate surface area is 89.9 Å². The van der Waals surface area contributed by atoms with Crippen LogP contribution in [0.2, 0.25) is 0 Å². The van der Waals surface area contributed by atoms with Crippen molar-refractivity contribution in [3.05, 3.63) is 29.8 Å². The van der Waals surface area contributed by atoms with Crippen molar-refractivity contribution in [2.75, 3.05) is 25.0 Å². The summed E-state index contributed by atoms with van der Waals surface area (Å²) in [5.74, 6) is 0.728. The Morgan fingerprint density at radius 3 is 2.73 bits per heavy atom. The molecule has 2 rings (SSSR count). The zero-order valence-corrected chi connectivity index (χ0v) is 8.80. The highest BCUT2D eigenvalue weighted by Crippen LogP contribution is 2.13. The molecule has 0 bridgehead atoms. The van der Waals surface area contributed by atoms with Gasteiger partial charge in [0.25, 0.3) is 0 Å². The summed E-state index contributed by atoms with van der Waals surface area (Å²) in [4.78, 5) is 0. The Bertz CT molecular complexity index is 291. The lowest BCUT2D eigenvalue weighted by Crippen LogP contribution is -2.17. The van der Waals surface area contributed by atoms with Gasteiger partial charge < -0.3 is 10.6 Å². The second kappa shape index (κ2) is 5.12. The van der Waals surface area contributed by atoms with Crippen molar-refractivity contribution >= 4 is 5.69 Å². The molecule has 0 aromatic heterocycles. The molecule has 1 heterocycles. The molecule has 1 fully saturated rings. The van der Waals surface area contributed by atoms with Crippen molar-refractivity contribution in [2.24, 2.45) is 5.92 Å². The van der Waals surface area contributed by atoms with E-state index in [-0.39, 0.29) is 6.67 Å². The molecule has 0 saturated carbocycles. The van der Waals surface area contributed by atoms with Crippen molar-refractivity contribution in [3.63, 3.8) is 0 Å². The van der Waals surface area contributed by atoms with Gasteiger partial charge in [0.1, 0.15) is 6.67 Å².